The first-order chi connectivity index (χ1) is 18.0. The van der Waals surface area contributed by atoms with E-state index in [0.717, 1.165) is 20.0 Å². The summed E-state index contributed by atoms with van der Waals surface area (Å²) in [4.78, 5) is 22.3. The quantitative estimate of drug-likeness (QED) is 0.102. The van der Waals surface area contributed by atoms with E-state index >= 15 is 0 Å². The number of aliphatic hydroxyl groups is 1. The van der Waals surface area contributed by atoms with E-state index in [1.807, 2.05) is 30.3 Å². The van der Waals surface area contributed by atoms with Crippen LogP contribution in [0.4, 0.5) is 14.9 Å². The fraction of sp³-hybridized carbons (Fsp3) is 0.458. The summed E-state index contributed by atoms with van der Waals surface area (Å²) in [6.45, 7) is 3.87. The Morgan fingerprint density at radius 3 is 2.61 bits per heavy atom. The average Bonchev–Trinajstić information content (AvgIpc) is 3.36. The van der Waals surface area contributed by atoms with Gasteiger partial charge in [0.25, 0.3) is 0 Å². The van der Waals surface area contributed by atoms with Crippen LogP contribution in [0.2, 0.25) is 0 Å². The van der Waals surface area contributed by atoms with E-state index in [4.69, 9.17) is 9.47 Å². The number of aliphatic hydroxyl groups excluding tert-OH is 1. The van der Waals surface area contributed by atoms with Crippen LogP contribution >= 0.6 is 0 Å². The molecule has 11 nitrogen and oxygen atoms in total. The van der Waals surface area contributed by atoms with Crippen LogP contribution in [-0.4, -0.2) is 71.4 Å². The van der Waals surface area contributed by atoms with Crippen molar-refractivity contribution in [2.24, 2.45) is 5.92 Å². The molecule has 14 heteroatoms. The average molecular weight is 666 g/mol. The van der Waals surface area contributed by atoms with Gasteiger partial charge in [-0.25, -0.2) is 0 Å². The maximum atomic E-state index is 13.9. The van der Waals surface area contributed by atoms with Crippen molar-refractivity contribution in [2.45, 2.75) is 41.4 Å². The van der Waals surface area contributed by atoms with Gasteiger partial charge in [0.1, 0.15) is 0 Å². The van der Waals surface area contributed by atoms with Crippen LogP contribution in [-0.2, 0) is 19.5 Å². The molecule has 2 aromatic rings. The predicted molar refractivity (Wildman–Crippen MR) is 130 cm³/mol. The topological polar surface area (TPSA) is 148 Å². The Balaban J connectivity index is 1.86. The van der Waals surface area contributed by atoms with Gasteiger partial charge >= 0.3 is 231 Å². The fourth-order valence-corrected chi connectivity index (χ4v) is 7.94. The number of nitro groups is 1. The number of nitro benzene ring substituents is 1. The first-order valence-electron chi connectivity index (χ1n) is 11.8. The van der Waals surface area contributed by atoms with E-state index in [-0.39, 0.29) is 19.1 Å². The molecule has 2 N–H and O–H groups in total. The third-order valence-electron chi connectivity index (χ3n) is 5.44. The van der Waals surface area contributed by atoms with Crippen LogP contribution in [0.15, 0.2) is 53.4 Å². The van der Waals surface area contributed by atoms with Gasteiger partial charge in [-0.1, -0.05) is 0 Å². The van der Waals surface area contributed by atoms with Gasteiger partial charge in [-0.15, -0.1) is 0 Å². The van der Waals surface area contributed by atoms with Gasteiger partial charge in [-0.2, -0.15) is 0 Å². The molecule has 0 unspecified atom stereocenters. The van der Waals surface area contributed by atoms with Crippen molar-refractivity contribution in [1.29, 1.82) is 0 Å². The summed E-state index contributed by atoms with van der Waals surface area (Å²) in [5.74, 6) is -1.33. The molecule has 0 aliphatic carbocycles. The molecule has 1 aliphatic heterocycles. The van der Waals surface area contributed by atoms with Crippen molar-refractivity contribution in [3.63, 3.8) is 0 Å². The van der Waals surface area contributed by atoms with Crippen molar-refractivity contribution >= 4 is 21.8 Å². The number of amides is 1. The zero-order chi connectivity index (χ0) is 27.9. The summed E-state index contributed by atoms with van der Waals surface area (Å²) in [6, 6.07) is 11.5. The first-order valence-corrected chi connectivity index (χ1v) is 15.6. The van der Waals surface area contributed by atoms with Crippen molar-refractivity contribution in [3.8, 4) is 0 Å². The third-order valence-corrected chi connectivity index (χ3v) is 10.5. The second kappa shape index (κ2) is 13.6. The molecular formula is C24H30FIN3O8S-. The van der Waals surface area contributed by atoms with E-state index < -0.39 is 81.4 Å². The molecule has 38 heavy (non-hydrogen) atoms. The molecule has 3 rings (SSSR count). The number of alkyl halides is 1. The van der Waals surface area contributed by atoms with Gasteiger partial charge in [0, 0.05) is 0 Å². The Morgan fingerprint density at radius 1 is 1.29 bits per heavy atom. The van der Waals surface area contributed by atoms with Gasteiger partial charge in [-0.05, 0) is 0 Å². The molecule has 1 aliphatic rings. The van der Waals surface area contributed by atoms with Crippen molar-refractivity contribution in [2.75, 3.05) is 26.3 Å². The molecule has 1 heterocycles. The maximum absolute atomic E-state index is 13.9. The van der Waals surface area contributed by atoms with Crippen LogP contribution in [0, 0.1) is 25.4 Å². The monoisotopic (exact) mass is 666 g/mol. The minimum absolute atomic E-state index is 0.0230. The normalized spacial score (nSPS) is 17.5. The van der Waals surface area contributed by atoms with Gasteiger partial charge in [0.2, 0.25) is 0 Å². The third kappa shape index (κ3) is 8.30. The van der Waals surface area contributed by atoms with Crippen LogP contribution in [0.3, 0.4) is 0 Å². The predicted octanol–water partition coefficient (Wildman–Crippen LogP) is -0.458. The summed E-state index contributed by atoms with van der Waals surface area (Å²) in [7, 11) is -4.36. The van der Waals surface area contributed by atoms with Crippen molar-refractivity contribution in [1.82, 2.24) is 9.62 Å². The van der Waals surface area contributed by atoms with E-state index in [0.29, 0.717) is 19.1 Å². The van der Waals surface area contributed by atoms with Gasteiger partial charge < -0.3 is 0 Å². The van der Waals surface area contributed by atoms with Crippen LogP contribution < -0.4 is 26.5 Å². The number of carbonyl (C=O) groups excluding carboxylic acids is 1. The Kier molecular flexibility index (Phi) is 10.8. The van der Waals surface area contributed by atoms with Gasteiger partial charge in [-0.3, -0.25) is 0 Å². The number of sulfonamides is 1. The molecule has 1 saturated heterocycles. The Bertz CT molecular complexity index is 1210. The van der Waals surface area contributed by atoms with Crippen LogP contribution in [0.1, 0.15) is 20.3 Å². The number of nitrogens with one attached hydrogen (secondary N) is 1. The molecule has 1 amide bonds. The summed E-state index contributed by atoms with van der Waals surface area (Å²) in [6.07, 6.45) is -1.93. The second-order valence-electron chi connectivity index (χ2n) is 9.00. The number of carbonyl (C=O) groups is 1. The number of benzene rings is 2. The molecule has 0 saturated carbocycles. The molecule has 1 fully saturated rings. The number of halogens is 2. The second-order valence-corrected chi connectivity index (χ2v) is 14.1. The Labute approximate surface area is 230 Å². The van der Waals surface area contributed by atoms with E-state index in [1.165, 1.54) is 0 Å². The Morgan fingerprint density at radius 2 is 2.00 bits per heavy atom. The standard InChI is InChI=1S/C24H30FIN3O8S/c1-16(2)13-28(38(34,35)19-8-9-20(25)21(12-19)29(32)33)14-22(30)23(26-17-6-4-3-5-7-17)27-24(31)37-18-10-11-36-15-18/h3-9,12,16,18,22-23,30H,10-11,13-15H2,1-2H3,(H,27,31)/q-1/t18-,22+,23+/m0/s1. The minimum atomic E-state index is -4.36. The molecular weight excluding hydrogens is 636 g/mol. The van der Waals surface area contributed by atoms with Gasteiger partial charge in [0.05, 0.1) is 0 Å². The summed E-state index contributed by atoms with van der Waals surface area (Å²) in [5, 5.41) is 25.1. The SMILES string of the molecule is CC(C)CN(C[C@@H](O)[C@@H](NC(=O)O[C@H]1CCOC1)[I-]c1ccccc1)S(=O)(=O)c1ccc(F)c([N+](=O)[O-])c1. The number of rotatable bonds is 12. The molecule has 3 atom stereocenters. The first kappa shape index (κ1) is 30.1. The van der Waals surface area contributed by atoms with E-state index in [9.17, 15) is 32.8 Å². The number of alkyl carbamates (subject to hydrolysis) is 1. The van der Waals surface area contributed by atoms with Crippen LogP contribution in [0.5, 0.6) is 0 Å². The van der Waals surface area contributed by atoms with E-state index in [2.05, 4.69) is 5.32 Å². The molecule has 0 aromatic heterocycles. The zero-order valence-electron chi connectivity index (χ0n) is 20.8. The summed E-state index contributed by atoms with van der Waals surface area (Å²) >= 11 is -1.05. The van der Waals surface area contributed by atoms with Crippen molar-refractivity contribution in [3.05, 3.63) is 68.0 Å². The molecule has 0 radical (unpaired) electrons. The van der Waals surface area contributed by atoms with Crippen molar-refractivity contribution < 1.29 is 58.3 Å². The number of ether oxygens (including phenoxy) is 2. The number of hydrogen-bond donors (Lipinski definition) is 2. The molecule has 0 spiro atoms. The molecule has 0 bridgehead atoms. The summed E-state index contributed by atoms with van der Waals surface area (Å²) < 4.78 is 52.5. The number of hydrogen-bond acceptors (Lipinski definition) is 8. The van der Waals surface area contributed by atoms with Gasteiger partial charge in [0.15, 0.2) is 0 Å². The molecule has 2 aromatic carbocycles. The number of nitrogens with zero attached hydrogens (tertiary/aromatic N) is 2. The zero-order valence-corrected chi connectivity index (χ0v) is 23.8. The van der Waals surface area contributed by atoms with E-state index in [1.54, 1.807) is 13.8 Å². The molecule has 210 valence electrons. The van der Waals surface area contributed by atoms with Crippen LogP contribution in [0.25, 0.3) is 0 Å². The Hall–Kier alpha value is -2.40. The fourth-order valence-electron chi connectivity index (χ4n) is 3.64. The summed E-state index contributed by atoms with van der Waals surface area (Å²) in [5.41, 5.74) is -0.968.